The smallest absolute Gasteiger partial charge is 0.0710 e. The lowest BCUT2D eigenvalue weighted by Crippen LogP contribution is -2.63. The van der Waals surface area contributed by atoms with E-state index in [2.05, 4.69) is 44.8 Å². The monoisotopic (exact) mass is 282 g/mol. The van der Waals surface area contributed by atoms with Crippen molar-refractivity contribution in [3.8, 4) is 0 Å². The van der Waals surface area contributed by atoms with Crippen LogP contribution in [0.5, 0.6) is 0 Å². The quantitative estimate of drug-likeness (QED) is 0.838. The molecular formula is C17H34N2O. The summed E-state index contributed by atoms with van der Waals surface area (Å²) in [7, 11) is 0. The van der Waals surface area contributed by atoms with Crippen LogP contribution in [0.1, 0.15) is 66.7 Å². The van der Waals surface area contributed by atoms with Crippen molar-refractivity contribution in [3.63, 3.8) is 0 Å². The predicted molar refractivity (Wildman–Crippen MR) is 85.2 cm³/mol. The van der Waals surface area contributed by atoms with E-state index in [0.29, 0.717) is 12.1 Å². The molecule has 2 heterocycles. The molecule has 3 atom stereocenters. The first kappa shape index (κ1) is 16.3. The van der Waals surface area contributed by atoms with Crippen molar-refractivity contribution in [3.05, 3.63) is 0 Å². The van der Waals surface area contributed by atoms with E-state index in [-0.39, 0.29) is 11.1 Å². The number of rotatable bonds is 5. The van der Waals surface area contributed by atoms with Crippen molar-refractivity contribution < 1.29 is 4.74 Å². The topological polar surface area (TPSA) is 24.5 Å². The molecule has 0 aromatic rings. The molecule has 3 heteroatoms. The maximum absolute atomic E-state index is 6.22. The van der Waals surface area contributed by atoms with Gasteiger partial charge in [-0.15, -0.1) is 0 Å². The summed E-state index contributed by atoms with van der Waals surface area (Å²) < 4.78 is 6.22. The van der Waals surface area contributed by atoms with Crippen LogP contribution in [0.3, 0.4) is 0 Å². The lowest BCUT2D eigenvalue weighted by atomic mass is 9.92. The zero-order valence-electron chi connectivity index (χ0n) is 14.2. The summed E-state index contributed by atoms with van der Waals surface area (Å²) in [6.45, 7) is 14.8. The van der Waals surface area contributed by atoms with Gasteiger partial charge in [0, 0.05) is 31.2 Å². The van der Waals surface area contributed by atoms with Crippen LogP contribution in [0.25, 0.3) is 0 Å². The maximum Gasteiger partial charge on any atom is 0.0710 e. The largest absolute Gasteiger partial charge is 0.371 e. The highest BCUT2D eigenvalue weighted by molar-refractivity contribution is 4.96. The molecule has 0 bridgehead atoms. The van der Waals surface area contributed by atoms with E-state index in [1.807, 2.05) is 0 Å². The lowest BCUT2D eigenvalue weighted by Gasteiger charge is -2.47. The third-order valence-corrected chi connectivity index (χ3v) is 5.23. The van der Waals surface area contributed by atoms with E-state index in [0.717, 1.165) is 19.6 Å². The van der Waals surface area contributed by atoms with Gasteiger partial charge < -0.3 is 10.1 Å². The number of nitrogens with one attached hydrogen (secondary N) is 1. The minimum atomic E-state index is 0.0903. The van der Waals surface area contributed by atoms with Crippen LogP contribution in [0.15, 0.2) is 0 Å². The first-order valence-corrected chi connectivity index (χ1v) is 8.54. The van der Waals surface area contributed by atoms with Crippen molar-refractivity contribution in [2.24, 2.45) is 0 Å². The van der Waals surface area contributed by atoms with Gasteiger partial charge in [-0.1, -0.05) is 20.3 Å². The summed E-state index contributed by atoms with van der Waals surface area (Å²) in [5, 5.41) is 3.77. The first-order chi connectivity index (χ1) is 9.37. The minimum Gasteiger partial charge on any atom is -0.371 e. The average molecular weight is 282 g/mol. The molecule has 0 radical (unpaired) electrons. The molecule has 0 aromatic heterocycles. The third kappa shape index (κ3) is 3.96. The van der Waals surface area contributed by atoms with Crippen LogP contribution in [-0.2, 0) is 4.74 Å². The first-order valence-electron chi connectivity index (χ1n) is 8.54. The van der Waals surface area contributed by atoms with Crippen molar-refractivity contribution in [1.29, 1.82) is 0 Å². The van der Waals surface area contributed by atoms with Crippen LogP contribution >= 0.6 is 0 Å². The van der Waals surface area contributed by atoms with Crippen LogP contribution in [0.2, 0.25) is 0 Å². The Morgan fingerprint density at radius 1 is 1.25 bits per heavy atom. The van der Waals surface area contributed by atoms with Gasteiger partial charge in [0.05, 0.1) is 11.7 Å². The minimum absolute atomic E-state index is 0.0903. The van der Waals surface area contributed by atoms with E-state index >= 15 is 0 Å². The maximum atomic E-state index is 6.22. The van der Waals surface area contributed by atoms with Crippen molar-refractivity contribution in [2.75, 3.05) is 19.6 Å². The summed E-state index contributed by atoms with van der Waals surface area (Å²) in [4.78, 5) is 2.70. The van der Waals surface area contributed by atoms with Crippen LogP contribution in [0, 0.1) is 0 Å². The Balaban J connectivity index is 1.97. The van der Waals surface area contributed by atoms with E-state index in [4.69, 9.17) is 4.74 Å². The molecule has 118 valence electrons. The highest BCUT2D eigenvalue weighted by Gasteiger charge is 2.38. The second-order valence-electron chi connectivity index (χ2n) is 7.71. The Morgan fingerprint density at radius 3 is 2.55 bits per heavy atom. The predicted octanol–water partition coefficient (Wildman–Crippen LogP) is 3.19. The van der Waals surface area contributed by atoms with Crippen molar-refractivity contribution in [2.45, 2.75) is 90.0 Å². The fourth-order valence-electron chi connectivity index (χ4n) is 3.66. The Morgan fingerprint density at radius 2 is 2.00 bits per heavy atom. The highest BCUT2D eigenvalue weighted by Crippen LogP contribution is 2.31. The van der Waals surface area contributed by atoms with E-state index in [9.17, 15) is 0 Å². The SMILES string of the molecule is CCCC1CNC(C)(CC)CN1CC1CCC(C)(C)O1. The molecule has 0 spiro atoms. The van der Waals surface area contributed by atoms with Gasteiger partial charge >= 0.3 is 0 Å². The molecule has 1 N–H and O–H groups in total. The number of hydrogen-bond donors (Lipinski definition) is 1. The van der Waals surface area contributed by atoms with Gasteiger partial charge in [-0.25, -0.2) is 0 Å². The number of hydrogen-bond acceptors (Lipinski definition) is 3. The lowest BCUT2D eigenvalue weighted by molar-refractivity contribution is -0.0438. The fraction of sp³-hybridized carbons (Fsp3) is 1.00. The van der Waals surface area contributed by atoms with Crippen molar-refractivity contribution in [1.82, 2.24) is 10.2 Å². The van der Waals surface area contributed by atoms with Crippen molar-refractivity contribution >= 4 is 0 Å². The Labute approximate surface area is 125 Å². The Bertz CT molecular complexity index is 318. The zero-order valence-corrected chi connectivity index (χ0v) is 14.2. The summed E-state index contributed by atoms with van der Waals surface area (Å²) >= 11 is 0. The van der Waals surface area contributed by atoms with Gasteiger partial charge in [-0.3, -0.25) is 4.90 Å². The van der Waals surface area contributed by atoms with Crippen LogP contribution in [-0.4, -0.2) is 47.8 Å². The third-order valence-electron chi connectivity index (χ3n) is 5.23. The molecule has 0 saturated carbocycles. The average Bonchev–Trinajstić information content (AvgIpc) is 2.72. The fourth-order valence-corrected chi connectivity index (χ4v) is 3.66. The normalized spacial score (nSPS) is 38.2. The molecule has 0 amide bonds. The number of piperazine rings is 1. The molecule has 3 nitrogen and oxygen atoms in total. The molecule has 3 unspecified atom stereocenters. The zero-order chi connectivity index (χ0) is 14.8. The standard InChI is InChI=1S/C17H34N2O/c1-6-8-14-11-18-17(5,7-2)13-19(14)12-15-9-10-16(3,4)20-15/h14-15,18H,6-13H2,1-5H3. The van der Waals surface area contributed by atoms with E-state index in [1.165, 1.54) is 32.1 Å². The van der Waals surface area contributed by atoms with Gasteiger partial charge in [-0.05, 0) is 46.5 Å². The Hall–Kier alpha value is -0.120. The number of ether oxygens (including phenoxy) is 1. The molecule has 2 aliphatic rings. The highest BCUT2D eigenvalue weighted by atomic mass is 16.5. The summed E-state index contributed by atoms with van der Waals surface area (Å²) in [5.74, 6) is 0. The Kier molecular flexibility index (Phi) is 5.14. The van der Waals surface area contributed by atoms with Gasteiger partial charge in [0.1, 0.15) is 0 Å². The van der Waals surface area contributed by atoms with Gasteiger partial charge in [0.25, 0.3) is 0 Å². The molecule has 0 aromatic carbocycles. The van der Waals surface area contributed by atoms with Crippen LogP contribution < -0.4 is 5.32 Å². The molecule has 2 saturated heterocycles. The number of nitrogens with zero attached hydrogens (tertiary/aromatic N) is 1. The second-order valence-corrected chi connectivity index (χ2v) is 7.71. The summed E-state index contributed by atoms with van der Waals surface area (Å²) in [5.41, 5.74) is 0.366. The van der Waals surface area contributed by atoms with E-state index in [1.54, 1.807) is 0 Å². The van der Waals surface area contributed by atoms with Gasteiger partial charge in [0.15, 0.2) is 0 Å². The van der Waals surface area contributed by atoms with Crippen LogP contribution in [0.4, 0.5) is 0 Å². The van der Waals surface area contributed by atoms with E-state index < -0.39 is 0 Å². The summed E-state index contributed by atoms with van der Waals surface area (Å²) in [6.07, 6.45) is 6.61. The molecule has 2 aliphatic heterocycles. The van der Waals surface area contributed by atoms with Gasteiger partial charge in [-0.2, -0.15) is 0 Å². The summed E-state index contributed by atoms with van der Waals surface area (Å²) in [6, 6.07) is 0.687. The molecule has 0 aliphatic carbocycles. The van der Waals surface area contributed by atoms with Gasteiger partial charge in [0.2, 0.25) is 0 Å². The molecular weight excluding hydrogens is 248 g/mol. The molecule has 2 rings (SSSR count). The molecule has 20 heavy (non-hydrogen) atoms. The second kappa shape index (κ2) is 6.33. The molecule has 2 fully saturated rings.